The average Bonchev–Trinajstić information content (AvgIpc) is 2.66. The number of sulfonamides is 1. The lowest BCUT2D eigenvalue weighted by Gasteiger charge is -2.34. The highest BCUT2D eigenvalue weighted by Crippen LogP contribution is 2.26. The number of amides is 1. The van der Waals surface area contributed by atoms with E-state index >= 15 is 0 Å². The van der Waals surface area contributed by atoms with Gasteiger partial charge in [-0.1, -0.05) is 35.5 Å². The Hall–Kier alpha value is -1.90. The Balaban J connectivity index is 1.62. The molecule has 0 bridgehead atoms. The van der Waals surface area contributed by atoms with Crippen LogP contribution in [0.1, 0.15) is 16.7 Å². The molecule has 1 fully saturated rings. The predicted molar refractivity (Wildman–Crippen MR) is 111 cm³/mol. The van der Waals surface area contributed by atoms with Gasteiger partial charge in [-0.15, -0.1) is 0 Å². The molecule has 1 aromatic heterocycles. The number of thioether (sulfide) groups is 1. The summed E-state index contributed by atoms with van der Waals surface area (Å²) < 4.78 is 27.8. The largest absolute Gasteiger partial charge is 0.339 e. The molecule has 0 unspecified atom stereocenters. The number of hydrogen-bond donors (Lipinski definition) is 0. The Labute approximate surface area is 171 Å². The standard InChI is InChI=1S/C20H25N3O3S2/c1-15-12-16(2)20(17(3)13-15)28(25,26)23-10-8-22(9-11-23)19(24)14-27-18-6-4-5-7-21-18/h4-7,12-13H,8-11,14H2,1-3H3. The second-order valence-electron chi connectivity index (χ2n) is 6.97. The molecule has 0 spiro atoms. The molecule has 0 aliphatic carbocycles. The van der Waals surface area contributed by atoms with Crippen molar-refractivity contribution >= 4 is 27.7 Å². The van der Waals surface area contributed by atoms with Gasteiger partial charge in [0.2, 0.25) is 15.9 Å². The molecule has 8 heteroatoms. The first kappa shape index (κ1) is 20.8. The van der Waals surface area contributed by atoms with Gasteiger partial charge >= 0.3 is 0 Å². The summed E-state index contributed by atoms with van der Waals surface area (Å²) in [6.45, 7) is 7.08. The van der Waals surface area contributed by atoms with Gasteiger partial charge in [-0.25, -0.2) is 13.4 Å². The summed E-state index contributed by atoms with van der Waals surface area (Å²) in [5, 5.41) is 0.808. The first-order chi connectivity index (χ1) is 13.3. The van der Waals surface area contributed by atoms with Gasteiger partial charge in [0.25, 0.3) is 0 Å². The van der Waals surface area contributed by atoms with Crippen molar-refractivity contribution in [2.24, 2.45) is 0 Å². The number of pyridine rings is 1. The third-order valence-electron chi connectivity index (χ3n) is 4.78. The highest BCUT2D eigenvalue weighted by Gasteiger charge is 2.32. The molecule has 150 valence electrons. The van der Waals surface area contributed by atoms with E-state index in [-0.39, 0.29) is 5.91 Å². The zero-order chi connectivity index (χ0) is 20.3. The second kappa shape index (κ2) is 8.63. The molecule has 1 aromatic carbocycles. The summed E-state index contributed by atoms with van der Waals surface area (Å²) in [6, 6.07) is 9.39. The Morgan fingerprint density at radius 3 is 2.29 bits per heavy atom. The van der Waals surface area contributed by atoms with E-state index in [4.69, 9.17) is 0 Å². The van der Waals surface area contributed by atoms with Crippen molar-refractivity contribution in [1.82, 2.24) is 14.2 Å². The molecule has 1 saturated heterocycles. The Morgan fingerprint density at radius 1 is 1.07 bits per heavy atom. The van der Waals surface area contributed by atoms with Crippen LogP contribution in [0.5, 0.6) is 0 Å². The van der Waals surface area contributed by atoms with E-state index in [2.05, 4.69) is 4.98 Å². The van der Waals surface area contributed by atoms with Crippen LogP contribution in [0.4, 0.5) is 0 Å². The van der Waals surface area contributed by atoms with E-state index in [9.17, 15) is 13.2 Å². The molecular formula is C20H25N3O3S2. The average molecular weight is 420 g/mol. The van der Waals surface area contributed by atoms with Gasteiger partial charge < -0.3 is 4.90 Å². The normalized spacial score (nSPS) is 15.6. The number of carbonyl (C=O) groups excluding carboxylic acids is 1. The third kappa shape index (κ3) is 4.56. The van der Waals surface area contributed by atoms with Gasteiger partial charge in [-0.2, -0.15) is 4.31 Å². The van der Waals surface area contributed by atoms with Crippen LogP contribution in [0.2, 0.25) is 0 Å². The highest BCUT2D eigenvalue weighted by molar-refractivity contribution is 7.99. The van der Waals surface area contributed by atoms with Crippen LogP contribution in [-0.4, -0.2) is 60.4 Å². The number of piperazine rings is 1. The van der Waals surface area contributed by atoms with Crippen molar-refractivity contribution in [2.75, 3.05) is 31.9 Å². The van der Waals surface area contributed by atoms with Gasteiger partial charge in [0.05, 0.1) is 15.7 Å². The van der Waals surface area contributed by atoms with Crippen molar-refractivity contribution in [3.63, 3.8) is 0 Å². The van der Waals surface area contributed by atoms with Crippen LogP contribution >= 0.6 is 11.8 Å². The van der Waals surface area contributed by atoms with Gasteiger partial charge in [-0.05, 0) is 44.0 Å². The van der Waals surface area contributed by atoms with Gasteiger partial charge in [0.15, 0.2) is 0 Å². The Bertz CT molecular complexity index is 931. The van der Waals surface area contributed by atoms with Crippen LogP contribution in [0.25, 0.3) is 0 Å². The fraction of sp³-hybridized carbons (Fsp3) is 0.400. The zero-order valence-corrected chi connectivity index (χ0v) is 18.0. The van der Waals surface area contributed by atoms with Crippen molar-refractivity contribution in [1.29, 1.82) is 0 Å². The van der Waals surface area contributed by atoms with Gasteiger partial charge in [0, 0.05) is 32.4 Å². The quantitative estimate of drug-likeness (QED) is 0.697. The molecule has 0 saturated carbocycles. The van der Waals surface area contributed by atoms with Crippen molar-refractivity contribution in [2.45, 2.75) is 30.7 Å². The number of benzene rings is 1. The number of rotatable bonds is 5. The molecule has 2 heterocycles. The van der Waals surface area contributed by atoms with Crippen LogP contribution in [-0.2, 0) is 14.8 Å². The van der Waals surface area contributed by atoms with E-state index < -0.39 is 10.0 Å². The maximum atomic E-state index is 13.1. The van der Waals surface area contributed by atoms with E-state index in [1.807, 2.05) is 51.1 Å². The number of aryl methyl sites for hydroxylation is 3. The van der Waals surface area contributed by atoms with Crippen LogP contribution in [0.15, 0.2) is 46.5 Å². The number of nitrogens with zero attached hydrogens (tertiary/aromatic N) is 3. The summed E-state index contributed by atoms with van der Waals surface area (Å²) >= 11 is 1.40. The summed E-state index contributed by atoms with van der Waals surface area (Å²) in [7, 11) is -3.56. The fourth-order valence-electron chi connectivity index (χ4n) is 3.54. The number of hydrogen-bond acceptors (Lipinski definition) is 5. The number of aromatic nitrogens is 1. The summed E-state index contributed by atoms with van der Waals surface area (Å²) in [6.07, 6.45) is 1.70. The first-order valence-electron chi connectivity index (χ1n) is 9.18. The maximum absolute atomic E-state index is 13.1. The molecule has 2 aromatic rings. The topological polar surface area (TPSA) is 70.6 Å². The monoisotopic (exact) mass is 419 g/mol. The van der Waals surface area contributed by atoms with E-state index in [1.54, 1.807) is 11.1 Å². The van der Waals surface area contributed by atoms with Crippen LogP contribution < -0.4 is 0 Å². The molecule has 0 atom stereocenters. The lowest BCUT2D eigenvalue weighted by Crippen LogP contribution is -2.51. The van der Waals surface area contributed by atoms with Crippen molar-refractivity contribution in [3.8, 4) is 0 Å². The minimum atomic E-state index is -3.56. The molecule has 0 radical (unpaired) electrons. The molecular weight excluding hydrogens is 394 g/mol. The lowest BCUT2D eigenvalue weighted by molar-refractivity contribution is -0.129. The Kier molecular flexibility index (Phi) is 6.42. The minimum Gasteiger partial charge on any atom is -0.339 e. The van der Waals surface area contributed by atoms with E-state index in [1.165, 1.54) is 16.1 Å². The molecule has 1 aliphatic heterocycles. The zero-order valence-electron chi connectivity index (χ0n) is 16.4. The Morgan fingerprint density at radius 2 is 1.71 bits per heavy atom. The molecule has 28 heavy (non-hydrogen) atoms. The van der Waals surface area contributed by atoms with Crippen LogP contribution in [0.3, 0.4) is 0 Å². The molecule has 1 amide bonds. The van der Waals surface area contributed by atoms with E-state index in [0.717, 1.165) is 21.7 Å². The van der Waals surface area contributed by atoms with E-state index in [0.29, 0.717) is 36.8 Å². The number of carbonyl (C=O) groups is 1. The molecule has 0 N–H and O–H groups in total. The SMILES string of the molecule is Cc1cc(C)c(S(=O)(=O)N2CCN(C(=O)CSc3ccccn3)CC2)c(C)c1. The van der Waals surface area contributed by atoms with Gasteiger partial charge in [0.1, 0.15) is 0 Å². The van der Waals surface area contributed by atoms with Crippen LogP contribution in [0, 0.1) is 20.8 Å². The first-order valence-corrected chi connectivity index (χ1v) is 11.6. The highest BCUT2D eigenvalue weighted by atomic mass is 32.2. The third-order valence-corrected chi connectivity index (χ3v) is 7.91. The smallest absolute Gasteiger partial charge is 0.243 e. The molecule has 1 aliphatic rings. The summed E-state index contributed by atoms with van der Waals surface area (Å²) in [5.74, 6) is 0.315. The van der Waals surface area contributed by atoms with Gasteiger partial charge in [-0.3, -0.25) is 4.79 Å². The predicted octanol–water partition coefficient (Wildman–Crippen LogP) is 2.63. The fourth-order valence-corrected chi connectivity index (χ4v) is 6.14. The van der Waals surface area contributed by atoms with Crippen molar-refractivity contribution in [3.05, 3.63) is 53.2 Å². The second-order valence-corrected chi connectivity index (χ2v) is 9.84. The summed E-state index contributed by atoms with van der Waals surface area (Å²) in [4.78, 5) is 18.8. The lowest BCUT2D eigenvalue weighted by atomic mass is 10.1. The van der Waals surface area contributed by atoms with Crippen molar-refractivity contribution < 1.29 is 13.2 Å². The maximum Gasteiger partial charge on any atom is 0.243 e. The minimum absolute atomic E-state index is 0.00963. The summed E-state index contributed by atoms with van der Waals surface area (Å²) in [5.41, 5.74) is 2.58. The molecule has 6 nitrogen and oxygen atoms in total. The molecule has 3 rings (SSSR count).